The van der Waals surface area contributed by atoms with Crippen LogP contribution in [0.15, 0.2) is 24.3 Å². The molecule has 2 aromatic rings. The molecule has 0 aliphatic heterocycles. The van der Waals surface area contributed by atoms with Crippen LogP contribution in [-0.4, -0.2) is 10.2 Å². The summed E-state index contributed by atoms with van der Waals surface area (Å²) in [5.41, 5.74) is 6.89. The lowest BCUT2D eigenvalue weighted by Gasteiger charge is -2.04. The van der Waals surface area contributed by atoms with Crippen molar-refractivity contribution in [3.8, 4) is 0 Å². The molecule has 0 atom stereocenters. The molecule has 3 nitrogen and oxygen atoms in total. The minimum atomic E-state index is 0.532. The maximum absolute atomic E-state index is 5.77. The molecule has 3 rings (SSSR count). The van der Waals surface area contributed by atoms with E-state index in [2.05, 4.69) is 16.3 Å². The first-order valence-electron chi connectivity index (χ1n) is 4.87. The van der Waals surface area contributed by atoms with Crippen molar-refractivity contribution in [1.82, 2.24) is 10.2 Å². The van der Waals surface area contributed by atoms with Gasteiger partial charge < -0.3 is 5.73 Å². The molecule has 0 radical (unpaired) electrons. The summed E-state index contributed by atoms with van der Waals surface area (Å²) in [7, 11) is 0. The summed E-state index contributed by atoms with van der Waals surface area (Å²) in [6, 6.07) is 8.09. The number of benzene rings is 1. The van der Waals surface area contributed by atoms with Crippen LogP contribution in [0.5, 0.6) is 0 Å². The Labute approximate surface area is 81.9 Å². The van der Waals surface area contributed by atoms with Gasteiger partial charge >= 0.3 is 0 Å². The first-order chi connectivity index (χ1) is 6.86. The maximum atomic E-state index is 5.77. The Kier molecular flexibility index (Phi) is 1.48. The molecule has 0 unspecified atom stereocenters. The van der Waals surface area contributed by atoms with Crippen LogP contribution in [0.3, 0.4) is 0 Å². The largest absolute Gasteiger partial charge is 0.382 e. The monoisotopic (exact) mass is 185 g/mol. The zero-order valence-corrected chi connectivity index (χ0v) is 7.77. The third kappa shape index (κ3) is 1.05. The molecule has 14 heavy (non-hydrogen) atoms. The first kappa shape index (κ1) is 7.74. The predicted molar refractivity (Wildman–Crippen MR) is 55.9 cm³/mol. The van der Waals surface area contributed by atoms with Crippen molar-refractivity contribution >= 4 is 16.6 Å². The number of aromatic nitrogens is 2. The van der Waals surface area contributed by atoms with Gasteiger partial charge in [-0.2, -0.15) is 5.10 Å². The van der Waals surface area contributed by atoms with Crippen molar-refractivity contribution in [2.24, 2.45) is 0 Å². The van der Waals surface area contributed by atoms with E-state index in [1.165, 1.54) is 18.2 Å². The van der Waals surface area contributed by atoms with Crippen LogP contribution in [0.25, 0.3) is 10.8 Å². The highest BCUT2D eigenvalue weighted by Crippen LogP contribution is 2.42. The van der Waals surface area contributed by atoms with E-state index in [-0.39, 0.29) is 0 Å². The molecule has 0 bridgehead atoms. The van der Waals surface area contributed by atoms with Gasteiger partial charge in [0.15, 0.2) is 5.82 Å². The highest BCUT2D eigenvalue weighted by atomic mass is 15.1. The molecule has 0 saturated heterocycles. The van der Waals surface area contributed by atoms with E-state index in [0.717, 1.165) is 11.1 Å². The Hall–Kier alpha value is -1.64. The van der Waals surface area contributed by atoms with Gasteiger partial charge in [-0.15, -0.1) is 5.10 Å². The fraction of sp³-hybridized carbons (Fsp3) is 0.273. The van der Waals surface area contributed by atoms with Gasteiger partial charge in [-0.1, -0.05) is 24.3 Å². The zero-order chi connectivity index (χ0) is 9.54. The third-order valence-electron chi connectivity index (χ3n) is 2.71. The van der Waals surface area contributed by atoms with Crippen LogP contribution < -0.4 is 5.73 Å². The molecule has 1 aliphatic rings. The standard InChI is InChI=1S/C11H11N3/c12-11-9-4-2-1-3-8(9)10(13-14-11)7-5-6-7/h1-4,7H,5-6H2,(H2,12,14). The number of rotatable bonds is 1. The Morgan fingerprint density at radius 1 is 1.07 bits per heavy atom. The third-order valence-corrected chi connectivity index (χ3v) is 2.71. The molecular formula is C11H11N3. The number of hydrogen-bond donors (Lipinski definition) is 1. The molecule has 1 aliphatic carbocycles. The van der Waals surface area contributed by atoms with Crippen LogP contribution >= 0.6 is 0 Å². The summed E-state index contributed by atoms with van der Waals surface area (Å²) in [6.45, 7) is 0. The van der Waals surface area contributed by atoms with Crippen molar-refractivity contribution in [3.05, 3.63) is 30.0 Å². The normalized spacial score (nSPS) is 16.0. The molecule has 1 fully saturated rings. The molecule has 3 heteroatoms. The van der Waals surface area contributed by atoms with Crippen LogP contribution in [0.4, 0.5) is 5.82 Å². The molecule has 0 spiro atoms. The molecule has 1 saturated carbocycles. The average molecular weight is 185 g/mol. The maximum Gasteiger partial charge on any atom is 0.153 e. The molecule has 2 N–H and O–H groups in total. The zero-order valence-electron chi connectivity index (χ0n) is 7.77. The van der Waals surface area contributed by atoms with E-state index in [4.69, 9.17) is 5.73 Å². The minimum absolute atomic E-state index is 0.532. The van der Waals surface area contributed by atoms with E-state index in [0.29, 0.717) is 11.7 Å². The van der Waals surface area contributed by atoms with Gasteiger partial charge in [0.05, 0.1) is 5.69 Å². The Balaban J connectivity index is 2.35. The number of nitrogens with two attached hydrogens (primary N) is 1. The minimum Gasteiger partial charge on any atom is -0.382 e. The lowest BCUT2D eigenvalue weighted by atomic mass is 10.1. The summed E-state index contributed by atoms with van der Waals surface area (Å²) < 4.78 is 0. The Morgan fingerprint density at radius 2 is 1.79 bits per heavy atom. The number of nitrogens with zero attached hydrogens (tertiary/aromatic N) is 2. The second kappa shape index (κ2) is 2.67. The van der Waals surface area contributed by atoms with Crippen LogP contribution in [0, 0.1) is 0 Å². The van der Waals surface area contributed by atoms with Gasteiger partial charge in [0.25, 0.3) is 0 Å². The molecule has 70 valence electrons. The molecule has 1 aromatic carbocycles. The van der Waals surface area contributed by atoms with Crippen molar-refractivity contribution in [2.75, 3.05) is 5.73 Å². The molecule has 1 aromatic heterocycles. The van der Waals surface area contributed by atoms with Gasteiger partial charge in [0.1, 0.15) is 0 Å². The Bertz CT molecular complexity index is 489. The lowest BCUT2D eigenvalue weighted by molar-refractivity contribution is 0.937. The second-order valence-electron chi connectivity index (χ2n) is 3.79. The summed E-state index contributed by atoms with van der Waals surface area (Å²) in [6.07, 6.45) is 2.48. The number of fused-ring (bicyclic) bond motifs is 1. The van der Waals surface area contributed by atoms with Crippen molar-refractivity contribution in [3.63, 3.8) is 0 Å². The van der Waals surface area contributed by atoms with Crippen molar-refractivity contribution in [2.45, 2.75) is 18.8 Å². The van der Waals surface area contributed by atoms with E-state index in [9.17, 15) is 0 Å². The lowest BCUT2D eigenvalue weighted by Crippen LogP contribution is -1.98. The van der Waals surface area contributed by atoms with Crippen molar-refractivity contribution in [1.29, 1.82) is 0 Å². The van der Waals surface area contributed by atoms with Gasteiger partial charge in [0.2, 0.25) is 0 Å². The first-order valence-corrected chi connectivity index (χ1v) is 4.87. The summed E-state index contributed by atoms with van der Waals surface area (Å²) in [5, 5.41) is 10.4. The fourth-order valence-corrected chi connectivity index (χ4v) is 1.80. The van der Waals surface area contributed by atoms with Crippen LogP contribution in [0.1, 0.15) is 24.5 Å². The quantitative estimate of drug-likeness (QED) is 0.740. The summed E-state index contributed by atoms with van der Waals surface area (Å²) in [4.78, 5) is 0. The highest BCUT2D eigenvalue weighted by molar-refractivity contribution is 5.92. The van der Waals surface area contributed by atoms with Crippen LogP contribution in [-0.2, 0) is 0 Å². The number of hydrogen-bond acceptors (Lipinski definition) is 3. The van der Waals surface area contributed by atoms with E-state index >= 15 is 0 Å². The number of nitrogen functional groups attached to an aromatic ring is 1. The van der Waals surface area contributed by atoms with Crippen LogP contribution in [0.2, 0.25) is 0 Å². The SMILES string of the molecule is Nc1nnc(C2CC2)c2ccccc12. The van der Waals surface area contributed by atoms with E-state index in [1.54, 1.807) is 0 Å². The average Bonchev–Trinajstić information content (AvgIpc) is 3.03. The van der Waals surface area contributed by atoms with Gasteiger partial charge in [0, 0.05) is 16.7 Å². The van der Waals surface area contributed by atoms with E-state index in [1.807, 2.05) is 18.2 Å². The molecule has 1 heterocycles. The predicted octanol–water partition coefficient (Wildman–Crippen LogP) is 2.09. The summed E-state index contributed by atoms with van der Waals surface area (Å²) in [5.74, 6) is 1.15. The van der Waals surface area contributed by atoms with Gasteiger partial charge in [-0.05, 0) is 12.8 Å². The topological polar surface area (TPSA) is 51.8 Å². The number of anilines is 1. The van der Waals surface area contributed by atoms with Crippen molar-refractivity contribution < 1.29 is 0 Å². The summed E-state index contributed by atoms with van der Waals surface area (Å²) >= 11 is 0. The smallest absolute Gasteiger partial charge is 0.153 e. The van der Waals surface area contributed by atoms with Gasteiger partial charge in [-0.25, -0.2) is 0 Å². The second-order valence-corrected chi connectivity index (χ2v) is 3.79. The Morgan fingerprint density at radius 3 is 2.50 bits per heavy atom. The molecular weight excluding hydrogens is 174 g/mol. The van der Waals surface area contributed by atoms with E-state index < -0.39 is 0 Å². The fourth-order valence-electron chi connectivity index (χ4n) is 1.80. The highest BCUT2D eigenvalue weighted by Gasteiger charge is 2.27. The molecule has 0 amide bonds. The van der Waals surface area contributed by atoms with Gasteiger partial charge in [-0.3, -0.25) is 0 Å².